The summed E-state index contributed by atoms with van der Waals surface area (Å²) < 4.78 is 22.7. The number of rotatable bonds is 3. The van der Waals surface area contributed by atoms with Gasteiger partial charge in [0.05, 0.1) is 17.6 Å². The van der Waals surface area contributed by atoms with Crippen LogP contribution in [0.15, 0.2) is 0 Å². The van der Waals surface area contributed by atoms with E-state index in [4.69, 9.17) is 0 Å². The number of nitrogens with one attached hydrogen (secondary N) is 1. The van der Waals surface area contributed by atoms with Crippen LogP contribution < -0.4 is 5.32 Å². The quantitative estimate of drug-likeness (QED) is 0.724. The van der Waals surface area contributed by atoms with E-state index in [2.05, 4.69) is 12.2 Å². The highest BCUT2D eigenvalue weighted by atomic mass is 32.2. The highest BCUT2D eigenvalue weighted by molar-refractivity contribution is 7.91. The Morgan fingerprint density at radius 2 is 2.07 bits per heavy atom. The Kier molecular flexibility index (Phi) is 2.81. The molecule has 1 heterocycles. The van der Waals surface area contributed by atoms with Crippen molar-refractivity contribution in [2.75, 3.05) is 11.5 Å². The second kappa shape index (κ2) is 3.71. The summed E-state index contributed by atoms with van der Waals surface area (Å²) in [7, 11) is -3.02. The van der Waals surface area contributed by atoms with E-state index >= 15 is 0 Å². The highest BCUT2D eigenvalue weighted by Crippen LogP contribution is 2.36. The van der Waals surface area contributed by atoms with Crippen LogP contribution in [0.25, 0.3) is 0 Å². The molecular weight excluding hydrogens is 214 g/mol. The standard InChI is InChI=1S/C10H19NO3S/c1-2-10(4-3-5-10)11-8-6-15(13,14)7-9(8)12/h8-9,11-12H,2-7H2,1H3. The van der Waals surface area contributed by atoms with Gasteiger partial charge in [-0.2, -0.15) is 0 Å². The van der Waals surface area contributed by atoms with Crippen LogP contribution in [0.3, 0.4) is 0 Å². The van der Waals surface area contributed by atoms with Gasteiger partial charge in [0.15, 0.2) is 9.84 Å². The molecular formula is C10H19NO3S. The first-order valence-electron chi connectivity index (χ1n) is 5.63. The molecule has 2 aliphatic rings. The Hall–Kier alpha value is -0.130. The molecule has 0 spiro atoms. The van der Waals surface area contributed by atoms with Gasteiger partial charge in [-0.05, 0) is 25.7 Å². The lowest BCUT2D eigenvalue weighted by Crippen LogP contribution is -2.57. The van der Waals surface area contributed by atoms with Crippen molar-refractivity contribution in [3.63, 3.8) is 0 Å². The highest BCUT2D eigenvalue weighted by Gasteiger charge is 2.43. The zero-order chi connectivity index (χ0) is 11.1. The van der Waals surface area contributed by atoms with Crippen molar-refractivity contribution < 1.29 is 13.5 Å². The zero-order valence-corrected chi connectivity index (χ0v) is 9.89. The van der Waals surface area contributed by atoms with Gasteiger partial charge in [0.2, 0.25) is 0 Å². The summed E-state index contributed by atoms with van der Waals surface area (Å²) in [5.74, 6) is 0.0143. The third-order valence-electron chi connectivity index (χ3n) is 3.80. The molecule has 88 valence electrons. The molecule has 4 nitrogen and oxygen atoms in total. The van der Waals surface area contributed by atoms with Gasteiger partial charge in [0.1, 0.15) is 0 Å². The first-order valence-corrected chi connectivity index (χ1v) is 7.45. The summed E-state index contributed by atoms with van der Waals surface area (Å²) in [5, 5.41) is 13.0. The summed E-state index contributed by atoms with van der Waals surface area (Å²) in [5.41, 5.74) is 0.103. The molecule has 2 N–H and O–H groups in total. The topological polar surface area (TPSA) is 66.4 Å². The van der Waals surface area contributed by atoms with Crippen LogP contribution in [0.4, 0.5) is 0 Å². The van der Waals surface area contributed by atoms with Gasteiger partial charge in [0.25, 0.3) is 0 Å². The van der Waals surface area contributed by atoms with E-state index in [0.717, 1.165) is 19.3 Å². The lowest BCUT2D eigenvalue weighted by molar-refractivity contribution is 0.101. The van der Waals surface area contributed by atoms with E-state index in [-0.39, 0.29) is 23.1 Å². The van der Waals surface area contributed by atoms with Crippen LogP contribution in [-0.2, 0) is 9.84 Å². The first-order chi connectivity index (χ1) is 6.96. The fourth-order valence-electron chi connectivity index (χ4n) is 2.56. The lowest BCUT2D eigenvalue weighted by atomic mass is 9.74. The average Bonchev–Trinajstić information content (AvgIpc) is 2.32. The fraction of sp³-hybridized carbons (Fsp3) is 1.00. The number of aliphatic hydroxyl groups is 1. The summed E-state index contributed by atoms with van der Waals surface area (Å²) in [6, 6.07) is -0.254. The van der Waals surface area contributed by atoms with Gasteiger partial charge in [-0.25, -0.2) is 8.42 Å². The predicted molar refractivity (Wildman–Crippen MR) is 58.5 cm³/mol. The van der Waals surface area contributed by atoms with Crippen LogP contribution in [0.2, 0.25) is 0 Å². The third kappa shape index (κ3) is 2.19. The largest absolute Gasteiger partial charge is 0.390 e. The first kappa shape index (κ1) is 11.4. The van der Waals surface area contributed by atoms with Gasteiger partial charge in [-0.15, -0.1) is 0 Å². The molecule has 2 rings (SSSR count). The minimum atomic E-state index is -3.02. The van der Waals surface area contributed by atoms with E-state index in [0.29, 0.717) is 0 Å². The van der Waals surface area contributed by atoms with E-state index in [1.807, 2.05) is 0 Å². The van der Waals surface area contributed by atoms with E-state index in [1.54, 1.807) is 0 Å². The second-order valence-corrected chi connectivity index (χ2v) is 7.04. The molecule has 1 aliphatic heterocycles. The molecule has 0 amide bonds. The van der Waals surface area contributed by atoms with Crippen molar-refractivity contribution in [1.29, 1.82) is 0 Å². The number of hydrogen-bond acceptors (Lipinski definition) is 4. The molecule has 0 aromatic carbocycles. The molecule has 2 atom stereocenters. The third-order valence-corrected chi connectivity index (χ3v) is 5.52. The van der Waals surface area contributed by atoms with Crippen molar-refractivity contribution in [3.8, 4) is 0 Å². The van der Waals surface area contributed by atoms with Gasteiger partial charge < -0.3 is 10.4 Å². The molecule has 0 aromatic rings. The van der Waals surface area contributed by atoms with Gasteiger partial charge in [-0.3, -0.25) is 0 Å². The molecule has 0 bridgehead atoms. The Morgan fingerprint density at radius 3 is 2.40 bits per heavy atom. The maximum atomic E-state index is 11.3. The SMILES string of the molecule is CCC1(NC2CS(=O)(=O)CC2O)CCC1. The Labute approximate surface area is 91.0 Å². The molecule has 0 aromatic heterocycles. The van der Waals surface area contributed by atoms with Crippen LogP contribution in [0, 0.1) is 0 Å². The minimum Gasteiger partial charge on any atom is -0.390 e. The summed E-state index contributed by atoms with van der Waals surface area (Å²) in [4.78, 5) is 0. The monoisotopic (exact) mass is 233 g/mol. The van der Waals surface area contributed by atoms with Crippen molar-refractivity contribution in [1.82, 2.24) is 5.32 Å². The molecule has 2 unspecified atom stereocenters. The Bertz CT molecular complexity index is 329. The van der Waals surface area contributed by atoms with Crippen molar-refractivity contribution in [3.05, 3.63) is 0 Å². The maximum Gasteiger partial charge on any atom is 0.154 e. The molecule has 1 aliphatic carbocycles. The number of sulfone groups is 1. The maximum absolute atomic E-state index is 11.3. The number of aliphatic hydroxyl groups excluding tert-OH is 1. The van der Waals surface area contributed by atoms with E-state index < -0.39 is 15.9 Å². The second-order valence-electron chi connectivity index (χ2n) is 4.88. The molecule has 1 saturated carbocycles. The molecule has 1 saturated heterocycles. The van der Waals surface area contributed by atoms with Crippen molar-refractivity contribution in [2.24, 2.45) is 0 Å². The summed E-state index contributed by atoms with van der Waals surface area (Å²) in [6.45, 7) is 2.11. The van der Waals surface area contributed by atoms with E-state index in [9.17, 15) is 13.5 Å². The zero-order valence-electron chi connectivity index (χ0n) is 9.07. The van der Waals surface area contributed by atoms with Crippen LogP contribution in [0.1, 0.15) is 32.6 Å². The fourth-order valence-corrected chi connectivity index (χ4v) is 4.31. The van der Waals surface area contributed by atoms with Crippen molar-refractivity contribution in [2.45, 2.75) is 50.3 Å². The molecule has 2 fully saturated rings. The van der Waals surface area contributed by atoms with Gasteiger partial charge in [0, 0.05) is 11.6 Å². The average molecular weight is 233 g/mol. The van der Waals surface area contributed by atoms with Crippen LogP contribution >= 0.6 is 0 Å². The predicted octanol–water partition coefficient (Wildman–Crippen LogP) is 0.0666. The van der Waals surface area contributed by atoms with Crippen LogP contribution in [-0.4, -0.2) is 42.7 Å². The Morgan fingerprint density at radius 1 is 1.40 bits per heavy atom. The van der Waals surface area contributed by atoms with Gasteiger partial charge in [-0.1, -0.05) is 6.92 Å². The molecule has 0 radical (unpaired) electrons. The summed E-state index contributed by atoms with van der Waals surface area (Å²) >= 11 is 0. The van der Waals surface area contributed by atoms with E-state index in [1.165, 1.54) is 6.42 Å². The normalized spacial score (nSPS) is 37.5. The summed E-state index contributed by atoms with van der Waals surface area (Å²) in [6.07, 6.45) is 3.70. The lowest BCUT2D eigenvalue weighted by Gasteiger charge is -2.44. The minimum absolute atomic E-state index is 0.0789. The molecule has 15 heavy (non-hydrogen) atoms. The molecule has 5 heteroatoms. The van der Waals surface area contributed by atoms with Crippen LogP contribution in [0.5, 0.6) is 0 Å². The Balaban J connectivity index is 2.01. The smallest absolute Gasteiger partial charge is 0.154 e. The van der Waals surface area contributed by atoms with Crippen molar-refractivity contribution >= 4 is 9.84 Å². The van der Waals surface area contributed by atoms with Gasteiger partial charge >= 0.3 is 0 Å². The number of hydrogen-bond donors (Lipinski definition) is 2.